The molecule has 0 unspecified atom stereocenters. The molecule has 0 radical (unpaired) electrons. The van der Waals surface area contributed by atoms with Crippen LogP contribution in [0.15, 0.2) is 42.6 Å². The molecule has 1 aromatic heterocycles. The van der Waals surface area contributed by atoms with Gasteiger partial charge >= 0.3 is 0 Å². The summed E-state index contributed by atoms with van der Waals surface area (Å²) in [5.74, 6) is 0.761. The quantitative estimate of drug-likeness (QED) is 0.877. The van der Waals surface area contributed by atoms with Crippen LogP contribution in [0.1, 0.15) is 13.3 Å². The average Bonchev–Trinajstić information content (AvgIpc) is 2.46. The van der Waals surface area contributed by atoms with Crippen LogP contribution in [0, 0.1) is 0 Å². The number of anilines is 1. The number of rotatable bonds is 5. The number of aliphatic hydroxyl groups is 1. The van der Waals surface area contributed by atoms with Crippen molar-refractivity contribution in [1.29, 1.82) is 0 Å². The first kappa shape index (κ1) is 13.8. The van der Waals surface area contributed by atoms with Crippen molar-refractivity contribution >= 4 is 17.4 Å². The van der Waals surface area contributed by atoms with Gasteiger partial charge in [0.1, 0.15) is 5.82 Å². The van der Waals surface area contributed by atoms with Crippen molar-refractivity contribution in [3.05, 3.63) is 47.6 Å². The van der Waals surface area contributed by atoms with E-state index in [1.807, 2.05) is 43.3 Å². The normalized spacial score (nSPS) is 12.2. The van der Waals surface area contributed by atoms with E-state index in [0.717, 1.165) is 23.4 Å². The Kier molecular flexibility index (Phi) is 4.77. The number of hydrogen-bond donors (Lipinski definition) is 2. The number of pyridine rings is 1. The summed E-state index contributed by atoms with van der Waals surface area (Å²) in [7, 11) is 0. The molecule has 1 aromatic carbocycles. The number of benzene rings is 1. The van der Waals surface area contributed by atoms with Crippen molar-refractivity contribution in [2.24, 2.45) is 0 Å². The van der Waals surface area contributed by atoms with E-state index in [4.69, 9.17) is 16.7 Å². The average molecular weight is 277 g/mol. The molecule has 1 atom stereocenters. The van der Waals surface area contributed by atoms with Gasteiger partial charge in [-0.2, -0.15) is 0 Å². The molecule has 2 N–H and O–H groups in total. The van der Waals surface area contributed by atoms with E-state index in [2.05, 4.69) is 10.3 Å². The third-order valence-corrected chi connectivity index (χ3v) is 3.34. The van der Waals surface area contributed by atoms with Gasteiger partial charge in [-0.1, -0.05) is 36.7 Å². The molecular formula is C15H17ClN2O. The Morgan fingerprint density at radius 3 is 2.63 bits per heavy atom. The van der Waals surface area contributed by atoms with Crippen molar-refractivity contribution in [1.82, 2.24) is 4.98 Å². The van der Waals surface area contributed by atoms with Gasteiger partial charge in [0, 0.05) is 22.3 Å². The molecule has 4 heteroatoms. The Hall–Kier alpha value is -1.58. The SMILES string of the molecule is CC[C@H](CO)Nc1ccc(-c2ccccc2Cl)cn1. The number of nitrogens with zero attached hydrogens (tertiary/aromatic N) is 1. The van der Waals surface area contributed by atoms with Crippen molar-refractivity contribution in [2.75, 3.05) is 11.9 Å². The number of aliphatic hydroxyl groups excluding tert-OH is 1. The molecule has 0 saturated carbocycles. The highest BCUT2D eigenvalue weighted by Gasteiger charge is 2.06. The predicted octanol–water partition coefficient (Wildman–Crippen LogP) is 3.58. The number of halogens is 1. The lowest BCUT2D eigenvalue weighted by atomic mass is 10.1. The standard InChI is InChI=1S/C15H17ClN2O/c1-2-12(10-19)18-15-8-7-11(9-17-15)13-5-3-4-6-14(13)16/h3-9,12,19H,2,10H2,1H3,(H,17,18)/t12-/m1/s1. The maximum atomic E-state index is 9.15. The first-order valence-electron chi connectivity index (χ1n) is 6.33. The number of aromatic nitrogens is 1. The Morgan fingerprint density at radius 2 is 2.05 bits per heavy atom. The topological polar surface area (TPSA) is 45.1 Å². The highest BCUT2D eigenvalue weighted by atomic mass is 35.5. The molecule has 1 heterocycles. The van der Waals surface area contributed by atoms with E-state index < -0.39 is 0 Å². The van der Waals surface area contributed by atoms with Crippen LogP contribution in [0.5, 0.6) is 0 Å². The van der Waals surface area contributed by atoms with Crippen LogP contribution in [0.2, 0.25) is 5.02 Å². The smallest absolute Gasteiger partial charge is 0.126 e. The minimum absolute atomic E-state index is 0.0404. The third kappa shape index (κ3) is 3.46. The summed E-state index contributed by atoms with van der Waals surface area (Å²) in [5.41, 5.74) is 1.95. The first-order valence-corrected chi connectivity index (χ1v) is 6.70. The Balaban J connectivity index is 2.17. The zero-order valence-corrected chi connectivity index (χ0v) is 11.6. The van der Waals surface area contributed by atoms with Crippen LogP contribution < -0.4 is 5.32 Å². The third-order valence-electron chi connectivity index (χ3n) is 3.01. The zero-order chi connectivity index (χ0) is 13.7. The van der Waals surface area contributed by atoms with E-state index in [1.165, 1.54) is 0 Å². The second-order valence-corrected chi connectivity index (χ2v) is 4.75. The van der Waals surface area contributed by atoms with Crippen LogP contribution in [0.3, 0.4) is 0 Å². The maximum absolute atomic E-state index is 9.15. The fourth-order valence-corrected chi connectivity index (χ4v) is 2.06. The molecule has 2 rings (SSSR count). The summed E-state index contributed by atoms with van der Waals surface area (Å²) in [5, 5.41) is 13.0. The van der Waals surface area contributed by atoms with E-state index in [1.54, 1.807) is 6.20 Å². The van der Waals surface area contributed by atoms with Crippen molar-refractivity contribution < 1.29 is 5.11 Å². The second kappa shape index (κ2) is 6.55. The fourth-order valence-electron chi connectivity index (χ4n) is 1.82. The maximum Gasteiger partial charge on any atom is 0.126 e. The Labute approximate surface area is 118 Å². The summed E-state index contributed by atoms with van der Waals surface area (Å²) in [6.45, 7) is 2.12. The number of hydrogen-bond acceptors (Lipinski definition) is 3. The molecule has 0 amide bonds. The molecule has 2 aromatic rings. The van der Waals surface area contributed by atoms with Gasteiger partial charge in [-0.25, -0.2) is 4.98 Å². The molecule has 0 fully saturated rings. The summed E-state index contributed by atoms with van der Waals surface area (Å²) >= 11 is 6.15. The minimum atomic E-state index is 0.0404. The molecular weight excluding hydrogens is 260 g/mol. The molecule has 0 aliphatic heterocycles. The van der Waals surface area contributed by atoms with Gasteiger partial charge in [0.15, 0.2) is 0 Å². The minimum Gasteiger partial charge on any atom is -0.394 e. The largest absolute Gasteiger partial charge is 0.394 e. The molecule has 19 heavy (non-hydrogen) atoms. The fraction of sp³-hybridized carbons (Fsp3) is 0.267. The highest BCUT2D eigenvalue weighted by Crippen LogP contribution is 2.27. The lowest BCUT2D eigenvalue weighted by Crippen LogP contribution is -2.23. The van der Waals surface area contributed by atoms with Gasteiger partial charge in [0.2, 0.25) is 0 Å². The van der Waals surface area contributed by atoms with Crippen molar-refractivity contribution in [3.8, 4) is 11.1 Å². The molecule has 0 spiro atoms. The van der Waals surface area contributed by atoms with Crippen LogP contribution >= 0.6 is 11.6 Å². The zero-order valence-electron chi connectivity index (χ0n) is 10.8. The molecule has 0 saturated heterocycles. The van der Waals surface area contributed by atoms with Crippen LogP contribution in [-0.2, 0) is 0 Å². The van der Waals surface area contributed by atoms with Gasteiger partial charge in [0.25, 0.3) is 0 Å². The van der Waals surface area contributed by atoms with Crippen LogP contribution in [0.4, 0.5) is 5.82 Å². The predicted molar refractivity (Wildman–Crippen MR) is 79.5 cm³/mol. The molecule has 0 bridgehead atoms. The van der Waals surface area contributed by atoms with E-state index >= 15 is 0 Å². The Bertz CT molecular complexity index is 524. The van der Waals surface area contributed by atoms with Gasteiger partial charge in [0.05, 0.1) is 12.6 Å². The van der Waals surface area contributed by atoms with E-state index in [-0.39, 0.29) is 12.6 Å². The summed E-state index contributed by atoms with van der Waals surface area (Å²) in [6, 6.07) is 11.6. The van der Waals surface area contributed by atoms with Gasteiger partial charge in [-0.3, -0.25) is 0 Å². The van der Waals surface area contributed by atoms with E-state index in [0.29, 0.717) is 5.02 Å². The molecule has 0 aliphatic carbocycles. The van der Waals surface area contributed by atoms with Gasteiger partial charge in [-0.05, 0) is 24.6 Å². The van der Waals surface area contributed by atoms with Gasteiger partial charge < -0.3 is 10.4 Å². The lowest BCUT2D eigenvalue weighted by Gasteiger charge is -2.14. The van der Waals surface area contributed by atoms with Crippen molar-refractivity contribution in [2.45, 2.75) is 19.4 Å². The molecule has 0 aliphatic rings. The highest BCUT2D eigenvalue weighted by molar-refractivity contribution is 6.33. The number of nitrogens with one attached hydrogen (secondary N) is 1. The summed E-state index contributed by atoms with van der Waals surface area (Å²) < 4.78 is 0. The molecule has 100 valence electrons. The van der Waals surface area contributed by atoms with Crippen molar-refractivity contribution in [3.63, 3.8) is 0 Å². The van der Waals surface area contributed by atoms with E-state index in [9.17, 15) is 0 Å². The van der Waals surface area contributed by atoms with Gasteiger partial charge in [-0.15, -0.1) is 0 Å². The lowest BCUT2D eigenvalue weighted by molar-refractivity contribution is 0.271. The molecule has 3 nitrogen and oxygen atoms in total. The van der Waals surface area contributed by atoms with Crippen LogP contribution in [-0.4, -0.2) is 22.7 Å². The summed E-state index contributed by atoms with van der Waals surface area (Å²) in [4.78, 5) is 4.35. The first-order chi connectivity index (χ1) is 9.24. The Morgan fingerprint density at radius 1 is 1.26 bits per heavy atom. The second-order valence-electron chi connectivity index (χ2n) is 4.34. The monoisotopic (exact) mass is 276 g/mol. The van der Waals surface area contributed by atoms with Crippen LogP contribution in [0.25, 0.3) is 11.1 Å². The summed E-state index contributed by atoms with van der Waals surface area (Å²) in [6.07, 6.45) is 2.64.